The molecule has 0 unspecified atom stereocenters. The molecule has 1 aliphatic rings. The number of ether oxygens (including phenoxy) is 1. The van der Waals surface area contributed by atoms with Gasteiger partial charge in [-0.2, -0.15) is 0 Å². The Balaban J connectivity index is 1.92. The second-order valence-corrected chi connectivity index (χ2v) is 7.38. The number of hydrogen-bond acceptors (Lipinski definition) is 3. The van der Waals surface area contributed by atoms with Crippen molar-refractivity contribution < 1.29 is 14.3 Å². The summed E-state index contributed by atoms with van der Waals surface area (Å²) in [5.41, 5.74) is 0. The van der Waals surface area contributed by atoms with Crippen LogP contribution in [0.2, 0.25) is 10.0 Å². The Bertz CT molecular complexity index is 616. The lowest BCUT2D eigenvalue weighted by Crippen LogP contribution is -2.53. The average Bonchev–Trinajstić information content (AvgIpc) is 2.59. The van der Waals surface area contributed by atoms with Crippen molar-refractivity contribution in [1.82, 2.24) is 10.2 Å². The third-order valence-electron chi connectivity index (χ3n) is 4.17. The first-order valence-electron chi connectivity index (χ1n) is 8.54. The van der Waals surface area contributed by atoms with Gasteiger partial charge in [0.2, 0.25) is 5.91 Å². The molecule has 1 aromatic rings. The summed E-state index contributed by atoms with van der Waals surface area (Å²) in [6.07, 6.45) is 3.18. The molecular weight excluding hydrogens is 363 g/mol. The molecule has 0 bridgehead atoms. The van der Waals surface area contributed by atoms with Gasteiger partial charge in [-0.05, 0) is 43.4 Å². The molecule has 25 heavy (non-hydrogen) atoms. The normalized spacial score (nSPS) is 15.8. The first-order valence-corrected chi connectivity index (χ1v) is 9.30. The van der Waals surface area contributed by atoms with Crippen molar-refractivity contribution in [2.45, 2.75) is 39.2 Å². The lowest BCUT2D eigenvalue weighted by atomic mass is 10.0. The third kappa shape index (κ3) is 5.79. The zero-order chi connectivity index (χ0) is 18.4. The van der Waals surface area contributed by atoms with Gasteiger partial charge in [0, 0.05) is 18.1 Å². The Hall–Kier alpha value is -1.46. The highest BCUT2D eigenvalue weighted by Crippen LogP contribution is 2.27. The molecule has 1 fully saturated rings. The summed E-state index contributed by atoms with van der Waals surface area (Å²) in [4.78, 5) is 26.7. The fourth-order valence-electron chi connectivity index (χ4n) is 2.78. The van der Waals surface area contributed by atoms with Gasteiger partial charge in [-0.15, -0.1) is 0 Å². The fourth-order valence-corrected chi connectivity index (χ4v) is 3.24. The van der Waals surface area contributed by atoms with Gasteiger partial charge in [0.05, 0.1) is 5.02 Å². The topological polar surface area (TPSA) is 58.6 Å². The van der Waals surface area contributed by atoms with Crippen LogP contribution in [0.5, 0.6) is 5.75 Å². The summed E-state index contributed by atoms with van der Waals surface area (Å²) in [7, 11) is 0. The van der Waals surface area contributed by atoms with Crippen LogP contribution in [0.15, 0.2) is 18.2 Å². The number of rotatable bonds is 6. The summed E-state index contributed by atoms with van der Waals surface area (Å²) in [5.74, 6) is 0.00446. The third-order valence-corrected chi connectivity index (χ3v) is 4.70. The maximum Gasteiger partial charge on any atom is 0.258 e. The van der Waals surface area contributed by atoms with Crippen LogP contribution < -0.4 is 10.1 Å². The van der Waals surface area contributed by atoms with E-state index in [1.54, 1.807) is 18.2 Å². The number of halogens is 2. The van der Waals surface area contributed by atoms with Crippen LogP contribution in [-0.2, 0) is 9.59 Å². The Kier molecular flexibility index (Phi) is 7.38. The first kappa shape index (κ1) is 19.9. The highest BCUT2D eigenvalue weighted by molar-refractivity contribution is 6.35. The lowest BCUT2D eigenvalue weighted by molar-refractivity contribution is -0.138. The zero-order valence-electron chi connectivity index (χ0n) is 14.6. The van der Waals surface area contributed by atoms with E-state index in [0.29, 0.717) is 15.8 Å². The zero-order valence-corrected chi connectivity index (χ0v) is 16.1. The molecule has 0 radical (unpaired) electrons. The van der Waals surface area contributed by atoms with Gasteiger partial charge in [-0.1, -0.05) is 37.0 Å². The van der Waals surface area contributed by atoms with E-state index in [4.69, 9.17) is 27.9 Å². The van der Waals surface area contributed by atoms with E-state index in [2.05, 4.69) is 5.32 Å². The molecule has 0 aromatic heterocycles. The summed E-state index contributed by atoms with van der Waals surface area (Å²) in [5, 5.41) is 3.62. The van der Waals surface area contributed by atoms with E-state index in [1.807, 2.05) is 18.7 Å². The van der Waals surface area contributed by atoms with E-state index in [9.17, 15) is 9.59 Å². The molecule has 1 atom stereocenters. The van der Waals surface area contributed by atoms with Crippen molar-refractivity contribution in [1.29, 1.82) is 0 Å². The number of nitrogens with zero attached hydrogens (tertiary/aromatic N) is 1. The van der Waals surface area contributed by atoms with Gasteiger partial charge in [-0.25, -0.2) is 0 Å². The summed E-state index contributed by atoms with van der Waals surface area (Å²) < 4.78 is 5.43. The van der Waals surface area contributed by atoms with E-state index in [0.717, 1.165) is 32.4 Å². The maximum absolute atomic E-state index is 12.7. The van der Waals surface area contributed by atoms with Crippen LogP contribution in [-0.4, -0.2) is 42.5 Å². The number of likely N-dealkylation sites (tertiary alicyclic amines) is 1. The molecule has 1 N–H and O–H groups in total. The van der Waals surface area contributed by atoms with Crippen LogP contribution in [0.4, 0.5) is 0 Å². The molecule has 0 saturated carbocycles. The van der Waals surface area contributed by atoms with Crippen molar-refractivity contribution in [2.75, 3.05) is 19.7 Å². The van der Waals surface area contributed by atoms with E-state index in [1.165, 1.54) is 0 Å². The van der Waals surface area contributed by atoms with Gasteiger partial charge >= 0.3 is 0 Å². The van der Waals surface area contributed by atoms with Crippen molar-refractivity contribution in [3.63, 3.8) is 0 Å². The smallest absolute Gasteiger partial charge is 0.258 e. The van der Waals surface area contributed by atoms with Crippen LogP contribution >= 0.6 is 23.2 Å². The highest BCUT2D eigenvalue weighted by atomic mass is 35.5. The Morgan fingerprint density at radius 1 is 1.20 bits per heavy atom. The summed E-state index contributed by atoms with van der Waals surface area (Å²) >= 11 is 11.8. The van der Waals surface area contributed by atoms with E-state index < -0.39 is 6.04 Å². The van der Waals surface area contributed by atoms with Crippen molar-refractivity contribution in [3.8, 4) is 5.75 Å². The molecule has 2 amide bonds. The fraction of sp³-hybridized carbons (Fsp3) is 0.556. The van der Waals surface area contributed by atoms with Crippen LogP contribution in [0, 0.1) is 5.92 Å². The van der Waals surface area contributed by atoms with Gasteiger partial charge < -0.3 is 15.0 Å². The molecule has 138 valence electrons. The molecule has 0 aliphatic carbocycles. The number of nitrogens with one attached hydrogen (secondary N) is 1. The number of carbonyl (C=O) groups is 2. The van der Waals surface area contributed by atoms with E-state index >= 15 is 0 Å². The molecule has 2 rings (SSSR count). The first-order chi connectivity index (χ1) is 11.9. The number of benzene rings is 1. The van der Waals surface area contributed by atoms with Gasteiger partial charge in [0.1, 0.15) is 11.8 Å². The lowest BCUT2D eigenvalue weighted by Gasteiger charge is -2.32. The van der Waals surface area contributed by atoms with Crippen LogP contribution in [0.25, 0.3) is 0 Å². The minimum Gasteiger partial charge on any atom is -0.482 e. The predicted octanol–water partition coefficient (Wildman–Crippen LogP) is 3.53. The summed E-state index contributed by atoms with van der Waals surface area (Å²) in [6.45, 7) is 5.15. The van der Waals surface area contributed by atoms with Crippen molar-refractivity contribution in [2.24, 2.45) is 5.92 Å². The minimum absolute atomic E-state index is 0.00232. The highest BCUT2D eigenvalue weighted by Gasteiger charge is 2.29. The number of amides is 2. The Morgan fingerprint density at radius 2 is 1.88 bits per heavy atom. The molecule has 1 heterocycles. The van der Waals surface area contributed by atoms with Crippen molar-refractivity contribution >= 4 is 35.0 Å². The quantitative estimate of drug-likeness (QED) is 0.813. The minimum atomic E-state index is -0.546. The standard InChI is InChI=1S/C18H24Cl2N2O3/c1-12(2)17(18(24)22-8-4-3-5-9-22)21-16(23)11-25-15-7-6-13(19)10-14(15)20/h6-7,10,12,17H,3-5,8-9,11H2,1-2H3,(H,21,23)/t17-/m1/s1. The number of piperidine rings is 1. The van der Waals surface area contributed by atoms with Crippen molar-refractivity contribution in [3.05, 3.63) is 28.2 Å². The Labute approximate surface area is 158 Å². The van der Waals surface area contributed by atoms with Gasteiger partial charge in [0.15, 0.2) is 6.61 Å². The van der Waals surface area contributed by atoms with Crippen LogP contribution in [0.1, 0.15) is 33.1 Å². The number of carbonyl (C=O) groups excluding carboxylic acids is 2. The summed E-state index contributed by atoms with van der Waals surface area (Å²) in [6, 6.07) is 4.25. The molecule has 0 spiro atoms. The van der Waals surface area contributed by atoms with Gasteiger partial charge in [-0.3, -0.25) is 9.59 Å². The van der Waals surface area contributed by atoms with E-state index in [-0.39, 0.29) is 24.3 Å². The molecular formula is C18H24Cl2N2O3. The SMILES string of the molecule is CC(C)[C@@H](NC(=O)COc1ccc(Cl)cc1Cl)C(=O)N1CCCCC1. The average molecular weight is 387 g/mol. The molecule has 1 saturated heterocycles. The van der Waals surface area contributed by atoms with Crippen LogP contribution in [0.3, 0.4) is 0 Å². The Morgan fingerprint density at radius 3 is 2.48 bits per heavy atom. The maximum atomic E-state index is 12.7. The molecule has 7 heteroatoms. The second-order valence-electron chi connectivity index (χ2n) is 6.54. The molecule has 1 aromatic carbocycles. The number of hydrogen-bond donors (Lipinski definition) is 1. The monoisotopic (exact) mass is 386 g/mol. The predicted molar refractivity (Wildman–Crippen MR) is 99.2 cm³/mol. The van der Waals surface area contributed by atoms with Gasteiger partial charge in [0.25, 0.3) is 5.91 Å². The molecule has 1 aliphatic heterocycles. The second kappa shape index (κ2) is 9.30. The largest absolute Gasteiger partial charge is 0.482 e. The molecule has 5 nitrogen and oxygen atoms in total.